The number of fused-ring (bicyclic) bond motifs is 2. The molecule has 3 unspecified atom stereocenters. The summed E-state index contributed by atoms with van der Waals surface area (Å²) < 4.78 is 32.5. The van der Waals surface area contributed by atoms with Gasteiger partial charge in [0.05, 0.1) is 10.4 Å². The van der Waals surface area contributed by atoms with Crippen LogP contribution in [-0.4, -0.2) is 52.7 Å². The average Bonchev–Trinajstić information content (AvgIpc) is 3.45. The van der Waals surface area contributed by atoms with Crippen LogP contribution in [-0.2, 0) is 19.6 Å². The van der Waals surface area contributed by atoms with E-state index in [1.165, 1.54) is 32.8 Å². The molecule has 4 rings (SSSR count). The van der Waals surface area contributed by atoms with Gasteiger partial charge in [0, 0.05) is 32.1 Å². The van der Waals surface area contributed by atoms with E-state index in [0.717, 1.165) is 41.0 Å². The Kier molecular flexibility index (Phi) is 7.27. The monoisotopic (exact) mass is 460 g/mol. The summed E-state index contributed by atoms with van der Waals surface area (Å²) in [6.45, 7) is 1.53. The molecule has 1 heterocycles. The third-order valence-corrected chi connectivity index (χ3v) is 7.99. The minimum absolute atomic E-state index is 0.00447. The van der Waals surface area contributed by atoms with E-state index in [9.17, 15) is 13.2 Å². The standard InChI is InChI=1S/C23H32N4O4S/c1-31-15-23(28)25-10-2-11-26-32(29,30)19-6-7-21-18(13-19)5-8-22(27-21)24-12-9-16-3-4-17-14-20(16)17/h5-8,13,16-17,20,26H,2-4,9-12,14-15H2,1H3,(H,24,27)(H,25,28). The van der Waals surface area contributed by atoms with Crippen molar-refractivity contribution in [3.05, 3.63) is 30.3 Å². The zero-order valence-corrected chi connectivity index (χ0v) is 19.3. The minimum Gasteiger partial charge on any atom is -0.375 e. The van der Waals surface area contributed by atoms with Gasteiger partial charge >= 0.3 is 0 Å². The normalized spacial score (nSPS) is 22.0. The Morgan fingerprint density at radius 1 is 1.16 bits per heavy atom. The maximum atomic E-state index is 12.6. The number of anilines is 1. The molecule has 1 amide bonds. The van der Waals surface area contributed by atoms with Crippen molar-refractivity contribution in [2.75, 3.05) is 38.7 Å². The second-order valence-corrected chi connectivity index (χ2v) is 10.6. The van der Waals surface area contributed by atoms with Gasteiger partial charge in [0.2, 0.25) is 15.9 Å². The van der Waals surface area contributed by atoms with Crippen molar-refractivity contribution in [1.82, 2.24) is 15.0 Å². The number of hydrogen-bond donors (Lipinski definition) is 3. The molecule has 3 atom stereocenters. The lowest BCUT2D eigenvalue weighted by Crippen LogP contribution is -2.31. The van der Waals surface area contributed by atoms with E-state index < -0.39 is 10.0 Å². The largest absolute Gasteiger partial charge is 0.375 e. The Balaban J connectivity index is 1.27. The van der Waals surface area contributed by atoms with Crippen molar-refractivity contribution in [1.29, 1.82) is 0 Å². The SMILES string of the molecule is COCC(=O)NCCCNS(=O)(=O)c1ccc2nc(NCCC3CCC4CC34)ccc2c1. The highest BCUT2D eigenvalue weighted by Crippen LogP contribution is 2.56. The molecule has 0 radical (unpaired) electrons. The van der Waals surface area contributed by atoms with E-state index in [-0.39, 0.29) is 24.0 Å². The van der Waals surface area contributed by atoms with Gasteiger partial charge in [-0.25, -0.2) is 18.1 Å². The van der Waals surface area contributed by atoms with Crippen LogP contribution in [0.5, 0.6) is 0 Å². The molecule has 9 heteroatoms. The van der Waals surface area contributed by atoms with Gasteiger partial charge in [-0.05, 0) is 80.2 Å². The van der Waals surface area contributed by atoms with Crippen LogP contribution in [0.2, 0.25) is 0 Å². The number of aromatic nitrogens is 1. The number of carbonyl (C=O) groups excluding carboxylic acids is 1. The maximum absolute atomic E-state index is 12.6. The van der Waals surface area contributed by atoms with Crippen molar-refractivity contribution in [3.63, 3.8) is 0 Å². The molecule has 2 fully saturated rings. The minimum atomic E-state index is -3.63. The second kappa shape index (κ2) is 10.1. The van der Waals surface area contributed by atoms with Crippen LogP contribution in [0.25, 0.3) is 10.9 Å². The molecule has 2 aromatic rings. The fourth-order valence-electron chi connectivity index (χ4n) is 4.72. The molecule has 1 aromatic heterocycles. The fourth-order valence-corrected chi connectivity index (χ4v) is 5.83. The summed E-state index contributed by atoms with van der Waals surface area (Å²) >= 11 is 0. The summed E-state index contributed by atoms with van der Waals surface area (Å²) in [7, 11) is -2.18. The van der Waals surface area contributed by atoms with Crippen LogP contribution in [0.4, 0.5) is 5.82 Å². The highest BCUT2D eigenvalue weighted by Gasteiger charge is 2.47. The molecular formula is C23H32N4O4S. The summed E-state index contributed by atoms with van der Waals surface area (Å²) in [5, 5.41) is 6.86. The molecule has 0 spiro atoms. The lowest BCUT2D eigenvalue weighted by atomic mass is 10.00. The first kappa shape index (κ1) is 22.9. The third kappa shape index (κ3) is 5.76. The Bertz CT molecular complexity index is 1060. The number of methoxy groups -OCH3 is 1. The molecular weight excluding hydrogens is 428 g/mol. The van der Waals surface area contributed by atoms with Gasteiger partial charge in [-0.15, -0.1) is 0 Å². The number of hydrogen-bond acceptors (Lipinski definition) is 6. The quantitative estimate of drug-likeness (QED) is 0.420. The summed E-state index contributed by atoms with van der Waals surface area (Å²) in [6, 6.07) is 8.77. The lowest BCUT2D eigenvalue weighted by molar-refractivity contribution is -0.124. The molecule has 0 bridgehead atoms. The fraction of sp³-hybridized carbons (Fsp3) is 0.565. The van der Waals surface area contributed by atoms with Crippen LogP contribution in [0.1, 0.15) is 32.1 Å². The predicted octanol–water partition coefficient (Wildman–Crippen LogP) is 2.51. The number of nitrogens with one attached hydrogen (secondary N) is 3. The average molecular weight is 461 g/mol. The van der Waals surface area contributed by atoms with Crippen molar-refractivity contribution in [2.24, 2.45) is 17.8 Å². The van der Waals surface area contributed by atoms with Crippen molar-refractivity contribution < 1.29 is 17.9 Å². The summed E-state index contributed by atoms with van der Waals surface area (Å²) in [4.78, 5) is 16.2. The molecule has 174 valence electrons. The number of carbonyl (C=O) groups is 1. The van der Waals surface area contributed by atoms with Crippen molar-refractivity contribution >= 4 is 32.7 Å². The Morgan fingerprint density at radius 3 is 2.78 bits per heavy atom. The molecule has 1 aromatic carbocycles. The van der Waals surface area contributed by atoms with Gasteiger partial charge in [0.25, 0.3) is 0 Å². The van der Waals surface area contributed by atoms with Gasteiger partial charge in [-0.3, -0.25) is 4.79 Å². The number of amides is 1. The number of benzene rings is 1. The van der Waals surface area contributed by atoms with E-state index in [2.05, 4.69) is 20.3 Å². The van der Waals surface area contributed by atoms with E-state index >= 15 is 0 Å². The Morgan fingerprint density at radius 2 is 2.03 bits per heavy atom. The second-order valence-electron chi connectivity index (χ2n) is 8.80. The van der Waals surface area contributed by atoms with Gasteiger partial charge in [-0.1, -0.05) is 0 Å². The first-order chi connectivity index (χ1) is 15.5. The molecule has 2 aliphatic carbocycles. The first-order valence-electron chi connectivity index (χ1n) is 11.4. The Hall–Kier alpha value is -2.23. The zero-order valence-electron chi connectivity index (χ0n) is 18.5. The van der Waals surface area contributed by atoms with Gasteiger partial charge < -0.3 is 15.4 Å². The van der Waals surface area contributed by atoms with Crippen molar-refractivity contribution in [2.45, 2.75) is 37.0 Å². The summed E-state index contributed by atoms with van der Waals surface area (Å²) in [6.07, 6.45) is 5.90. The number of nitrogens with zero attached hydrogens (tertiary/aromatic N) is 1. The predicted molar refractivity (Wildman–Crippen MR) is 124 cm³/mol. The number of rotatable bonds is 12. The summed E-state index contributed by atoms with van der Waals surface area (Å²) in [5.74, 6) is 3.47. The lowest BCUT2D eigenvalue weighted by Gasteiger charge is -2.13. The topological polar surface area (TPSA) is 109 Å². The molecule has 3 N–H and O–H groups in total. The van der Waals surface area contributed by atoms with E-state index in [0.29, 0.717) is 13.0 Å². The number of sulfonamides is 1. The number of pyridine rings is 1. The summed E-state index contributed by atoms with van der Waals surface area (Å²) in [5.41, 5.74) is 0.762. The molecule has 32 heavy (non-hydrogen) atoms. The van der Waals surface area contributed by atoms with E-state index in [1.54, 1.807) is 18.2 Å². The van der Waals surface area contributed by atoms with E-state index in [4.69, 9.17) is 4.74 Å². The highest BCUT2D eigenvalue weighted by atomic mass is 32.2. The molecule has 8 nitrogen and oxygen atoms in total. The molecule has 0 saturated heterocycles. The highest BCUT2D eigenvalue weighted by molar-refractivity contribution is 7.89. The van der Waals surface area contributed by atoms with Crippen LogP contribution < -0.4 is 15.4 Å². The van der Waals surface area contributed by atoms with Crippen LogP contribution >= 0.6 is 0 Å². The van der Waals surface area contributed by atoms with Gasteiger partial charge in [0.15, 0.2) is 0 Å². The number of ether oxygens (including phenoxy) is 1. The van der Waals surface area contributed by atoms with Gasteiger partial charge in [-0.2, -0.15) is 0 Å². The van der Waals surface area contributed by atoms with Crippen LogP contribution in [0.3, 0.4) is 0 Å². The third-order valence-electron chi connectivity index (χ3n) is 6.53. The van der Waals surface area contributed by atoms with Crippen LogP contribution in [0, 0.1) is 17.8 Å². The van der Waals surface area contributed by atoms with E-state index in [1.807, 2.05) is 12.1 Å². The first-order valence-corrected chi connectivity index (χ1v) is 12.8. The molecule has 2 aliphatic rings. The zero-order chi connectivity index (χ0) is 22.6. The Labute approximate surface area is 189 Å². The molecule has 0 aliphatic heterocycles. The van der Waals surface area contributed by atoms with Crippen molar-refractivity contribution in [3.8, 4) is 0 Å². The van der Waals surface area contributed by atoms with Gasteiger partial charge in [0.1, 0.15) is 12.4 Å². The smallest absolute Gasteiger partial charge is 0.245 e. The van der Waals surface area contributed by atoms with Crippen LogP contribution in [0.15, 0.2) is 35.2 Å². The molecule has 2 saturated carbocycles. The maximum Gasteiger partial charge on any atom is 0.245 e.